The summed E-state index contributed by atoms with van der Waals surface area (Å²) in [6.07, 6.45) is 2.04. The van der Waals surface area contributed by atoms with E-state index in [-0.39, 0.29) is 5.91 Å². The van der Waals surface area contributed by atoms with Crippen LogP contribution in [0.1, 0.15) is 60.5 Å². The third-order valence-electron chi connectivity index (χ3n) is 4.16. The molecule has 3 heterocycles. The zero-order valence-corrected chi connectivity index (χ0v) is 13.8. The first-order valence-electron chi connectivity index (χ1n) is 8.03. The summed E-state index contributed by atoms with van der Waals surface area (Å²) >= 11 is 0. The van der Waals surface area contributed by atoms with Gasteiger partial charge in [0.15, 0.2) is 11.5 Å². The van der Waals surface area contributed by atoms with Crippen molar-refractivity contribution < 1.29 is 4.79 Å². The van der Waals surface area contributed by atoms with Crippen LogP contribution >= 0.6 is 0 Å². The molecule has 1 aliphatic rings. The molecular formula is C15H23N7O. The second-order valence-electron chi connectivity index (χ2n) is 6.26. The number of nitrogens with one attached hydrogen (secondary N) is 3. The molecule has 124 valence electrons. The van der Waals surface area contributed by atoms with Crippen molar-refractivity contribution in [3.05, 3.63) is 23.3 Å². The smallest absolute Gasteiger partial charge is 0.278 e. The van der Waals surface area contributed by atoms with Crippen molar-refractivity contribution in [2.75, 3.05) is 18.4 Å². The van der Waals surface area contributed by atoms with Crippen molar-refractivity contribution >= 4 is 11.9 Å². The third-order valence-corrected chi connectivity index (χ3v) is 4.16. The average Bonchev–Trinajstić information content (AvgIpc) is 3.16. The summed E-state index contributed by atoms with van der Waals surface area (Å²) in [6.45, 7) is 6.05. The lowest BCUT2D eigenvalue weighted by atomic mass is 9.98. The Morgan fingerprint density at radius 3 is 2.78 bits per heavy atom. The molecule has 0 spiro atoms. The Morgan fingerprint density at radius 1 is 1.39 bits per heavy atom. The number of carbonyl (C=O) groups is 1. The van der Waals surface area contributed by atoms with Crippen molar-refractivity contribution in [3.8, 4) is 0 Å². The molecule has 1 fully saturated rings. The first-order chi connectivity index (χ1) is 11.0. The van der Waals surface area contributed by atoms with Gasteiger partial charge in [-0.2, -0.15) is 15.2 Å². The molecule has 0 aliphatic carbocycles. The van der Waals surface area contributed by atoms with Crippen LogP contribution in [0.3, 0.4) is 0 Å². The van der Waals surface area contributed by atoms with Gasteiger partial charge in [-0.15, -0.1) is 0 Å². The van der Waals surface area contributed by atoms with E-state index in [1.165, 1.54) is 0 Å². The number of aromatic nitrogens is 5. The van der Waals surface area contributed by atoms with Crippen molar-refractivity contribution in [2.45, 2.75) is 38.5 Å². The minimum Gasteiger partial charge on any atom is -0.317 e. The molecule has 2 aromatic heterocycles. The van der Waals surface area contributed by atoms with Crippen LogP contribution in [-0.4, -0.2) is 44.0 Å². The monoisotopic (exact) mass is 317 g/mol. The molecule has 0 bridgehead atoms. The topological polar surface area (TPSA) is 101 Å². The number of hydrogen-bond donors (Lipinski definition) is 3. The Morgan fingerprint density at radius 2 is 2.13 bits per heavy atom. The van der Waals surface area contributed by atoms with E-state index in [0.717, 1.165) is 37.4 Å². The largest absolute Gasteiger partial charge is 0.317 e. The standard InChI is InChI=1S/C15H23N7O/c1-9(2)11-8-12(20-19-11)14(23)18-15-17-13(21-22(15)3)10-4-6-16-7-5-10/h8-10,16H,4-7H2,1-3H3,(H,19,20)(H,17,18,21,23). The number of piperidine rings is 1. The molecule has 1 saturated heterocycles. The van der Waals surface area contributed by atoms with Gasteiger partial charge in [0.1, 0.15) is 0 Å². The van der Waals surface area contributed by atoms with Crippen LogP contribution < -0.4 is 10.6 Å². The van der Waals surface area contributed by atoms with Gasteiger partial charge in [-0.05, 0) is 37.9 Å². The predicted octanol–water partition coefficient (Wildman–Crippen LogP) is 1.38. The molecule has 3 N–H and O–H groups in total. The molecule has 8 nitrogen and oxygen atoms in total. The van der Waals surface area contributed by atoms with Crippen LogP contribution in [-0.2, 0) is 7.05 Å². The number of H-pyrrole nitrogens is 1. The first-order valence-corrected chi connectivity index (χ1v) is 8.03. The number of carbonyl (C=O) groups excluding carboxylic acids is 1. The summed E-state index contributed by atoms with van der Waals surface area (Å²) < 4.78 is 1.62. The fourth-order valence-corrected chi connectivity index (χ4v) is 2.68. The average molecular weight is 317 g/mol. The molecule has 1 amide bonds. The summed E-state index contributed by atoms with van der Waals surface area (Å²) in [7, 11) is 1.79. The van der Waals surface area contributed by atoms with Crippen molar-refractivity contribution in [2.24, 2.45) is 7.05 Å². The number of hydrogen-bond acceptors (Lipinski definition) is 5. The summed E-state index contributed by atoms with van der Waals surface area (Å²) in [4.78, 5) is 16.8. The van der Waals surface area contributed by atoms with Gasteiger partial charge in [0, 0.05) is 18.7 Å². The molecule has 0 atom stereocenters. The van der Waals surface area contributed by atoms with Crippen molar-refractivity contribution in [1.82, 2.24) is 30.3 Å². The van der Waals surface area contributed by atoms with Crippen LogP contribution in [0.5, 0.6) is 0 Å². The Balaban J connectivity index is 1.71. The minimum absolute atomic E-state index is 0.277. The lowest BCUT2D eigenvalue weighted by molar-refractivity contribution is 0.102. The highest BCUT2D eigenvalue weighted by atomic mass is 16.2. The van der Waals surface area contributed by atoms with Crippen LogP contribution in [0.4, 0.5) is 5.95 Å². The van der Waals surface area contributed by atoms with E-state index in [1.807, 2.05) is 13.8 Å². The van der Waals surface area contributed by atoms with E-state index in [1.54, 1.807) is 17.8 Å². The first kappa shape index (κ1) is 15.7. The Labute approximate surface area is 135 Å². The summed E-state index contributed by atoms with van der Waals surface area (Å²) in [5.74, 6) is 1.63. The molecule has 0 radical (unpaired) electrons. The van der Waals surface area contributed by atoms with Gasteiger partial charge in [0.05, 0.1) is 0 Å². The normalized spacial score (nSPS) is 16.0. The fourth-order valence-electron chi connectivity index (χ4n) is 2.68. The van der Waals surface area contributed by atoms with Crippen LogP contribution in [0.25, 0.3) is 0 Å². The maximum absolute atomic E-state index is 12.3. The Bertz CT molecular complexity index is 682. The molecule has 0 aromatic carbocycles. The zero-order chi connectivity index (χ0) is 16.4. The predicted molar refractivity (Wildman–Crippen MR) is 86.5 cm³/mol. The van der Waals surface area contributed by atoms with Gasteiger partial charge in [0.25, 0.3) is 5.91 Å². The van der Waals surface area contributed by atoms with E-state index < -0.39 is 0 Å². The highest BCUT2D eigenvalue weighted by Gasteiger charge is 2.22. The zero-order valence-electron chi connectivity index (χ0n) is 13.8. The van der Waals surface area contributed by atoms with E-state index in [9.17, 15) is 4.79 Å². The third kappa shape index (κ3) is 3.42. The molecule has 0 saturated carbocycles. The second kappa shape index (κ2) is 6.49. The summed E-state index contributed by atoms with van der Waals surface area (Å²) in [5.41, 5.74) is 1.30. The van der Waals surface area contributed by atoms with E-state index in [4.69, 9.17) is 0 Å². The molecule has 23 heavy (non-hydrogen) atoms. The second-order valence-corrected chi connectivity index (χ2v) is 6.26. The van der Waals surface area contributed by atoms with E-state index in [0.29, 0.717) is 23.5 Å². The van der Waals surface area contributed by atoms with Gasteiger partial charge in [0.2, 0.25) is 5.95 Å². The van der Waals surface area contributed by atoms with Gasteiger partial charge < -0.3 is 5.32 Å². The highest BCUT2D eigenvalue weighted by molar-refractivity contribution is 6.01. The highest BCUT2D eigenvalue weighted by Crippen LogP contribution is 2.23. The molecule has 3 rings (SSSR count). The fraction of sp³-hybridized carbons (Fsp3) is 0.600. The van der Waals surface area contributed by atoms with Gasteiger partial charge in [-0.25, -0.2) is 4.68 Å². The maximum atomic E-state index is 12.3. The molecule has 0 unspecified atom stereocenters. The summed E-state index contributed by atoms with van der Waals surface area (Å²) in [5, 5.41) is 17.5. The van der Waals surface area contributed by atoms with Gasteiger partial charge in [-0.3, -0.25) is 15.2 Å². The van der Waals surface area contributed by atoms with Crippen LogP contribution in [0, 0.1) is 0 Å². The van der Waals surface area contributed by atoms with Crippen molar-refractivity contribution in [3.63, 3.8) is 0 Å². The number of nitrogens with zero attached hydrogens (tertiary/aromatic N) is 4. The SMILES string of the molecule is CC(C)c1cc(C(=O)Nc2nc(C3CCNCC3)nn2C)n[nH]1. The minimum atomic E-state index is -0.277. The van der Waals surface area contributed by atoms with Crippen LogP contribution in [0.15, 0.2) is 6.07 Å². The van der Waals surface area contributed by atoms with E-state index in [2.05, 4.69) is 30.9 Å². The molecular weight excluding hydrogens is 294 g/mol. The molecule has 2 aromatic rings. The number of rotatable bonds is 4. The van der Waals surface area contributed by atoms with Crippen LogP contribution in [0.2, 0.25) is 0 Å². The number of amides is 1. The van der Waals surface area contributed by atoms with E-state index >= 15 is 0 Å². The van der Waals surface area contributed by atoms with Crippen molar-refractivity contribution in [1.29, 1.82) is 0 Å². The molecule has 1 aliphatic heterocycles. The van der Waals surface area contributed by atoms with Gasteiger partial charge >= 0.3 is 0 Å². The summed E-state index contributed by atoms with van der Waals surface area (Å²) in [6, 6.07) is 1.77. The number of aryl methyl sites for hydroxylation is 1. The number of aromatic amines is 1. The molecule has 8 heteroatoms. The quantitative estimate of drug-likeness (QED) is 0.791. The maximum Gasteiger partial charge on any atom is 0.278 e. The number of anilines is 1. The Hall–Kier alpha value is -2.22. The Kier molecular flexibility index (Phi) is 4.42. The van der Waals surface area contributed by atoms with Gasteiger partial charge in [-0.1, -0.05) is 13.8 Å². The lowest BCUT2D eigenvalue weighted by Gasteiger charge is -2.19. The lowest BCUT2D eigenvalue weighted by Crippen LogP contribution is -2.27.